The predicted octanol–water partition coefficient (Wildman–Crippen LogP) is 2.11. The molecule has 18 heavy (non-hydrogen) atoms. The zero-order chi connectivity index (χ0) is 13.3. The molecule has 1 saturated heterocycles. The quantitative estimate of drug-likeness (QED) is 0.672. The van der Waals surface area contributed by atoms with Crippen LogP contribution in [0.2, 0.25) is 0 Å². The normalized spacial score (nSPS) is 24.1. The molecule has 0 aromatic carbocycles. The summed E-state index contributed by atoms with van der Waals surface area (Å²) in [7, 11) is 0. The summed E-state index contributed by atoms with van der Waals surface area (Å²) in [6.45, 7) is 5.55. The lowest BCUT2D eigenvalue weighted by atomic mass is 10.00. The second kappa shape index (κ2) is 4.53. The number of hydrogen-bond donors (Lipinski definition) is 1. The van der Waals surface area contributed by atoms with E-state index in [1.165, 1.54) is 6.21 Å². The average Bonchev–Trinajstić information content (AvgIpc) is 2.82. The van der Waals surface area contributed by atoms with Gasteiger partial charge in [-0.15, -0.1) is 16.3 Å². The molecule has 0 radical (unpaired) electrons. The molecule has 1 unspecified atom stereocenters. The third kappa shape index (κ3) is 2.15. The van der Waals surface area contributed by atoms with Crippen LogP contribution in [0.25, 0.3) is 0 Å². The van der Waals surface area contributed by atoms with Crippen molar-refractivity contribution in [3.05, 3.63) is 21.9 Å². The molecular weight excluding hydrogens is 250 g/mol. The van der Waals surface area contributed by atoms with Crippen molar-refractivity contribution in [2.45, 2.75) is 32.7 Å². The van der Waals surface area contributed by atoms with Crippen molar-refractivity contribution in [1.82, 2.24) is 10.3 Å². The number of imide groups is 1. The first kappa shape index (κ1) is 12.8. The molecular formula is C12H15N3O2S. The Hall–Kier alpha value is -1.69. The maximum atomic E-state index is 12.0. The molecule has 1 N–H and O–H groups in total. The van der Waals surface area contributed by atoms with Crippen LogP contribution in [-0.2, 0) is 4.79 Å². The van der Waals surface area contributed by atoms with Gasteiger partial charge in [0.2, 0.25) is 0 Å². The number of nitrogens with one attached hydrogen (secondary N) is 1. The molecule has 2 heterocycles. The van der Waals surface area contributed by atoms with Gasteiger partial charge < -0.3 is 5.32 Å². The molecule has 1 fully saturated rings. The Kier molecular flexibility index (Phi) is 3.21. The molecule has 1 aromatic heterocycles. The van der Waals surface area contributed by atoms with E-state index in [9.17, 15) is 9.59 Å². The van der Waals surface area contributed by atoms with E-state index < -0.39 is 11.6 Å². The Morgan fingerprint density at radius 2 is 2.22 bits per heavy atom. The first-order chi connectivity index (χ1) is 8.46. The van der Waals surface area contributed by atoms with Crippen LogP contribution < -0.4 is 5.32 Å². The third-order valence-electron chi connectivity index (χ3n) is 3.01. The van der Waals surface area contributed by atoms with Crippen LogP contribution in [0.5, 0.6) is 0 Å². The van der Waals surface area contributed by atoms with Crippen molar-refractivity contribution < 1.29 is 9.59 Å². The van der Waals surface area contributed by atoms with E-state index >= 15 is 0 Å². The van der Waals surface area contributed by atoms with Gasteiger partial charge in [0.05, 0.1) is 6.21 Å². The summed E-state index contributed by atoms with van der Waals surface area (Å²) in [6, 6.07) is 3.41. The molecule has 1 aliphatic rings. The van der Waals surface area contributed by atoms with Crippen molar-refractivity contribution >= 4 is 29.5 Å². The van der Waals surface area contributed by atoms with Gasteiger partial charge in [0, 0.05) is 9.75 Å². The SMILES string of the molecule is CCC1(C)NC(=O)N(/N=C/c2ccc(C)s2)C1=O. The third-order valence-corrected chi connectivity index (χ3v) is 3.94. The highest BCUT2D eigenvalue weighted by Gasteiger charge is 2.46. The minimum absolute atomic E-state index is 0.306. The second-order valence-electron chi connectivity index (χ2n) is 4.43. The Balaban J connectivity index is 2.17. The van der Waals surface area contributed by atoms with Crippen LogP contribution >= 0.6 is 11.3 Å². The number of nitrogens with zero attached hydrogens (tertiary/aromatic N) is 2. The van der Waals surface area contributed by atoms with E-state index in [0.29, 0.717) is 6.42 Å². The van der Waals surface area contributed by atoms with Gasteiger partial charge in [0.1, 0.15) is 5.54 Å². The van der Waals surface area contributed by atoms with Gasteiger partial charge in [-0.3, -0.25) is 4.79 Å². The zero-order valence-electron chi connectivity index (χ0n) is 10.6. The van der Waals surface area contributed by atoms with Crippen LogP contribution in [0.1, 0.15) is 30.0 Å². The summed E-state index contributed by atoms with van der Waals surface area (Å²) in [5.41, 5.74) is -0.834. The number of amides is 3. The van der Waals surface area contributed by atoms with Crippen molar-refractivity contribution in [2.24, 2.45) is 5.10 Å². The molecule has 5 nitrogen and oxygen atoms in total. The highest BCUT2D eigenvalue weighted by Crippen LogP contribution is 2.21. The van der Waals surface area contributed by atoms with Crippen LogP contribution in [0.4, 0.5) is 4.79 Å². The maximum absolute atomic E-state index is 12.0. The summed E-state index contributed by atoms with van der Waals surface area (Å²) < 4.78 is 0. The van der Waals surface area contributed by atoms with Gasteiger partial charge in [-0.2, -0.15) is 5.10 Å². The number of carbonyl (C=O) groups is 2. The van der Waals surface area contributed by atoms with E-state index in [1.54, 1.807) is 18.3 Å². The minimum Gasteiger partial charge on any atom is -0.322 e. The highest BCUT2D eigenvalue weighted by molar-refractivity contribution is 7.13. The molecule has 1 aliphatic heterocycles. The number of aryl methyl sites for hydroxylation is 1. The number of thiophene rings is 1. The molecule has 2 rings (SSSR count). The number of urea groups is 1. The van der Waals surface area contributed by atoms with E-state index in [2.05, 4.69) is 10.4 Å². The molecule has 6 heteroatoms. The average molecular weight is 265 g/mol. The van der Waals surface area contributed by atoms with E-state index in [0.717, 1.165) is 14.8 Å². The van der Waals surface area contributed by atoms with Gasteiger partial charge in [-0.25, -0.2) is 4.79 Å². The van der Waals surface area contributed by atoms with E-state index in [1.807, 2.05) is 26.0 Å². The van der Waals surface area contributed by atoms with E-state index in [4.69, 9.17) is 0 Å². The van der Waals surface area contributed by atoms with Crippen LogP contribution in [0, 0.1) is 6.92 Å². The predicted molar refractivity (Wildman–Crippen MR) is 70.7 cm³/mol. The summed E-state index contributed by atoms with van der Waals surface area (Å²) >= 11 is 1.56. The van der Waals surface area contributed by atoms with Crippen molar-refractivity contribution in [1.29, 1.82) is 0 Å². The molecule has 0 saturated carbocycles. The molecule has 96 valence electrons. The van der Waals surface area contributed by atoms with Crippen LogP contribution in [-0.4, -0.2) is 28.7 Å². The molecule has 0 bridgehead atoms. The van der Waals surface area contributed by atoms with Gasteiger partial charge >= 0.3 is 6.03 Å². The van der Waals surface area contributed by atoms with E-state index in [-0.39, 0.29) is 5.91 Å². The lowest BCUT2D eigenvalue weighted by Gasteiger charge is -2.17. The molecule has 1 atom stereocenters. The fraction of sp³-hybridized carbons (Fsp3) is 0.417. The molecule has 0 aliphatic carbocycles. The first-order valence-electron chi connectivity index (χ1n) is 5.73. The molecule has 3 amide bonds. The maximum Gasteiger partial charge on any atom is 0.346 e. The topological polar surface area (TPSA) is 61.8 Å². The summed E-state index contributed by atoms with van der Waals surface area (Å²) in [5.74, 6) is -0.306. The molecule has 1 aromatic rings. The van der Waals surface area contributed by atoms with Crippen molar-refractivity contribution in [2.75, 3.05) is 0 Å². The summed E-state index contributed by atoms with van der Waals surface area (Å²) in [6.07, 6.45) is 2.08. The Morgan fingerprint density at radius 3 is 2.72 bits per heavy atom. The Morgan fingerprint density at radius 1 is 1.50 bits per heavy atom. The largest absolute Gasteiger partial charge is 0.346 e. The van der Waals surface area contributed by atoms with Gasteiger partial charge in [-0.1, -0.05) is 6.92 Å². The highest BCUT2D eigenvalue weighted by atomic mass is 32.1. The lowest BCUT2D eigenvalue weighted by molar-refractivity contribution is -0.130. The van der Waals surface area contributed by atoms with Gasteiger partial charge in [-0.05, 0) is 32.4 Å². The fourth-order valence-corrected chi connectivity index (χ4v) is 2.39. The molecule has 0 spiro atoms. The number of hydrazone groups is 1. The Labute approximate surface area is 109 Å². The van der Waals surface area contributed by atoms with Crippen molar-refractivity contribution in [3.8, 4) is 0 Å². The second-order valence-corrected chi connectivity index (χ2v) is 5.75. The Bertz CT molecular complexity index is 523. The van der Waals surface area contributed by atoms with Gasteiger partial charge in [0.15, 0.2) is 0 Å². The number of carbonyl (C=O) groups excluding carboxylic acids is 2. The smallest absolute Gasteiger partial charge is 0.322 e. The zero-order valence-corrected chi connectivity index (χ0v) is 11.4. The number of rotatable bonds is 3. The summed E-state index contributed by atoms with van der Waals surface area (Å²) in [5, 5.41) is 7.52. The van der Waals surface area contributed by atoms with Crippen molar-refractivity contribution in [3.63, 3.8) is 0 Å². The lowest BCUT2D eigenvalue weighted by Crippen LogP contribution is -2.42. The minimum atomic E-state index is -0.834. The first-order valence-corrected chi connectivity index (χ1v) is 6.55. The van der Waals surface area contributed by atoms with Gasteiger partial charge in [0.25, 0.3) is 5.91 Å². The standard InChI is InChI=1S/C12H15N3O2S/c1-4-12(3)10(16)15(11(17)14-12)13-7-9-6-5-8(2)18-9/h5-7H,4H2,1-3H3,(H,14,17)/b13-7+. The summed E-state index contributed by atoms with van der Waals surface area (Å²) in [4.78, 5) is 25.8. The van der Waals surface area contributed by atoms with Crippen LogP contribution in [0.3, 0.4) is 0 Å². The number of hydrogen-bond acceptors (Lipinski definition) is 4. The van der Waals surface area contributed by atoms with Crippen LogP contribution in [0.15, 0.2) is 17.2 Å². The fourth-order valence-electron chi connectivity index (χ4n) is 1.65. The monoisotopic (exact) mass is 265 g/mol.